The maximum absolute atomic E-state index is 11.0. The molecule has 0 aliphatic heterocycles. The number of carboxylic acids is 1. The summed E-state index contributed by atoms with van der Waals surface area (Å²) in [5, 5.41) is 10.9. The second kappa shape index (κ2) is 5.65. The average Bonchev–Trinajstić information content (AvgIpc) is 2.45. The van der Waals surface area contributed by atoms with Crippen molar-refractivity contribution in [3.63, 3.8) is 0 Å². The molecular weight excluding hydrogens is 256 g/mol. The standard InChI is InChI=1S/C16H16O4/c1-10(16(17)18)7-12-8-13-11(9-15(12)20-3)5-4-6-14(13)19-2/h4-9H,1-3H3,(H,17,18)/b10-7+. The highest BCUT2D eigenvalue weighted by atomic mass is 16.5. The van der Waals surface area contributed by atoms with Crippen molar-refractivity contribution in [3.8, 4) is 11.5 Å². The number of carboxylic acid groups (broad SMARTS) is 1. The van der Waals surface area contributed by atoms with Gasteiger partial charge in [-0.25, -0.2) is 4.79 Å². The van der Waals surface area contributed by atoms with Crippen molar-refractivity contribution in [3.05, 3.63) is 41.5 Å². The van der Waals surface area contributed by atoms with Gasteiger partial charge in [0.15, 0.2) is 0 Å². The van der Waals surface area contributed by atoms with Crippen molar-refractivity contribution in [2.24, 2.45) is 0 Å². The minimum atomic E-state index is -0.952. The highest BCUT2D eigenvalue weighted by Crippen LogP contribution is 2.32. The lowest BCUT2D eigenvalue weighted by atomic mass is 10.0. The molecule has 0 spiro atoms. The van der Waals surface area contributed by atoms with Crippen LogP contribution in [0.15, 0.2) is 35.9 Å². The number of hydrogen-bond acceptors (Lipinski definition) is 3. The van der Waals surface area contributed by atoms with Crippen LogP contribution >= 0.6 is 0 Å². The Balaban J connectivity index is 2.70. The molecular formula is C16H16O4. The largest absolute Gasteiger partial charge is 0.496 e. The van der Waals surface area contributed by atoms with Crippen LogP contribution in [0.1, 0.15) is 12.5 Å². The lowest BCUT2D eigenvalue weighted by Crippen LogP contribution is -1.97. The molecule has 104 valence electrons. The van der Waals surface area contributed by atoms with Gasteiger partial charge in [-0.15, -0.1) is 0 Å². The third-order valence-electron chi connectivity index (χ3n) is 3.12. The van der Waals surface area contributed by atoms with Crippen LogP contribution in [0.3, 0.4) is 0 Å². The molecule has 2 aromatic rings. The molecule has 0 unspecified atom stereocenters. The first-order valence-corrected chi connectivity index (χ1v) is 6.13. The highest BCUT2D eigenvalue weighted by molar-refractivity contribution is 5.96. The van der Waals surface area contributed by atoms with E-state index in [2.05, 4.69) is 0 Å². The summed E-state index contributed by atoms with van der Waals surface area (Å²) in [6.07, 6.45) is 1.59. The zero-order valence-electron chi connectivity index (χ0n) is 11.6. The normalized spacial score (nSPS) is 11.4. The van der Waals surface area contributed by atoms with E-state index in [1.807, 2.05) is 30.3 Å². The van der Waals surface area contributed by atoms with Crippen LogP contribution < -0.4 is 9.47 Å². The third-order valence-corrected chi connectivity index (χ3v) is 3.12. The SMILES string of the molecule is COc1cc2cccc(OC)c2cc1/C=C(\C)C(=O)O. The van der Waals surface area contributed by atoms with Gasteiger partial charge in [0.25, 0.3) is 0 Å². The number of rotatable bonds is 4. The molecule has 0 radical (unpaired) electrons. The van der Waals surface area contributed by atoms with E-state index >= 15 is 0 Å². The first kappa shape index (κ1) is 13.9. The quantitative estimate of drug-likeness (QED) is 0.867. The van der Waals surface area contributed by atoms with Crippen LogP contribution in [0.4, 0.5) is 0 Å². The summed E-state index contributed by atoms with van der Waals surface area (Å²) in [6, 6.07) is 9.47. The van der Waals surface area contributed by atoms with E-state index in [0.29, 0.717) is 11.3 Å². The molecule has 4 heteroatoms. The number of hydrogen-bond donors (Lipinski definition) is 1. The van der Waals surface area contributed by atoms with Crippen molar-refractivity contribution < 1.29 is 19.4 Å². The van der Waals surface area contributed by atoms with Gasteiger partial charge in [-0.1, -0.05) is 12.1 Å². The van der Waals surface area contributed by atoms with Crippen molar-refractivity contribution in [2.45, 2.75) is 6.92 Å². The molecule has 0 amide bonds. The maximum Gasteiger partial charge on any atom is 0.331 e. The van der Waals surface area contributed by atoms with E-state index in [-0.39, 0.29) is 5.57 Å². The fraction of sp³-hybridized carbons (Fsp3) is 0.188. The number of aliphatic carboxylic acids is 1. The number of methoxy groups -OCH3 is 2. The molecule has 0 heterocycles. The van der Waals surface area contributed by atoms with Gasteiger partial charge in [0.2, 0.25) is 0 Å². The molecule has 2 aromatic carbocycles. The van der Waals surface area contributed by atoms with Crippen LogP contribution in [0, 0.1) is 0 Å². The topological polar surface area (TPSA) is 55.8 Å². The second-order valence-electron chi connectivity index (χ2n) is 4.41. The van der Waals surface area contributed by atoms with Gasteiger partial charge in [-0.3, -0.25) is 0 Å². The molecule has 0 atom stereocenters. The predicted molar refractivity (Wildman–Crippen MR) is 78.3 cm³/mol. The van der Waals surface area contributed by atoms with Crippen LogP contribution in [0.25, 0.3) is 16.8 Å². The summed E-state index contributed by atoms with van der Waals surface area (Å²) in [4.78, 5) is 11.0. The van der Waals surface area contributed by atoms with Gasteiger partial charge in [-0.05, 0) is 36.6 Å². The lowest BCUT2D eigenvalue weighted by Gasteiger charge is -2.10. The molecule has 0 aliphatic rings. The molecule has 0 saturated heterocycles. The van der Waals surface area contributed by atoms with Crippen LogP contribution in [0.5, 0.6) is 11.5 Å². The summed E-state index contributed by atoms with van der Waals surface area (Å²) in [5.74, 6) is 0.423. The Morgan fingerprint density at radius 3 is 2.45 bits per heavy atom. The Kier molecular flexibility index (Phi) is 3.94. The number of ether oxygens (including phenoxy) is 2. The van der Waals surface area contributed by atoms with Crippen LogP contribution in [0.2, 0.25) is 0 Å². The zero-order chi connectivity index (χ0) is 14.7. The summed E-state index contributed by atoms with van der Waals surface area (Å²) in [5.41, 5.74) is 0.960. The fourth-order valence-electron chi connectivity index (χ4n) is 2.06. The van der Waals surface area contributed by atoms with Gasteiger partial charge >= 0.3 is 5.97 Å². The molecule has 1 N–H and O–H groups in total. The molecule has 0 saturated carbocycles. The molecule has 0 aromatic heterocycles. The third kappa shape index (κ3) is 2.59. The van der Waals surface area contributed by atoms with E-state index in [9.17, 15) is 4.79 Å². The molecule has 4 nitrogen and oxygen atoms in total. The maximum atomic E-state index is 11.0. The highest BCUT2D eigenvalue weighted by Gasteiger charge is 2.09. The number of fused-ring (bicyclic) bond motifs is 1. The number of carbonyl (C=O) groups is 1. The summed E-state index contributed by atoms with van der Waals surface area (Å²) < 4.78 is 10.7. The monoisotopic (exact) mass is 272 g/mol. The van der Waals surface area contributed by atoms with Crippen molar-refractivity contribution >= 4 is 22.8 Å². The van der Waals surface area contributed by atoms with E-state index in [1.165, 1.54) is 0 Å². The molecule has 2 rings (SSSR count). The van der Waals surface area contributed by atoms with Gasteiger partial charge in [0.05, 0.1) is 14.2 Å². The van der Waals surface area contributed by atoms with Crippen LogP contribution in [-0.2, 0) is 4.79 Å². The van der Waals surface area contributed by atoms with Gasteiger partial charge in [0.1, 0.15) is 11.5 Å². The van der Waals surface area contributed by atoms with E-state index in [1.54, 1.807) is 27.2 Å². The minimum Gasteiger partial charge on any atom is -0.496 e. The van der Waals surface area contributed by atoms with Crippen molar-refractivity contribution in [1.29, 1.82) is 0 Å². The van der Waals surface area contributed by atoms with Gasteiger partial charge in [0, 0.05) is 16.5 Å². The molecule has 0 bridgehead atoms. The van der Waals surface area contributed by atoms with Crippen LogP contribution in [-0.4, -0.2) is 25.3 Å². The van der Waals surface area contributed by atoms with E-state index in [0.717, 1.165) is 16.5 Å². The average molecular weight is 272 g/mol. The number of benzene rings is 2. The minimum absolute atomic E-state index is 0.248. The first-order valence-electron chi connectivity index (χ1n) is 6.13. The predicted octanol–water partition coefficient (Wildman–Crippen LogP) is 3.34. The smallest absolute Gasteiger partial charge is 0.331 e. The Morgan fingerprint density at radius 1 is 1.15 bits per heavy atom. The van der Waals surface area contributed by atoms with Crippen molar-refractivity contribution in [1.82, 2.24) is 0 Å². The van der Waals surface area contributed by atoms with Gasteiger partial charge in [-0.2, -0.15) is 0 Å². The Morgan fingerprint density at radius 2 is 1.85 bits per heavy atom. The van der Waals surface area contributed by atoms with Crippen molar-refractivity contribution in [2.75, 3.05) is 14.2 Å². The summed E-state index contributed by atoms with van der Waals surface area (Å²) in [7, 11) is 3.17. The first-order chi connectivity index (χ1) is 9.56. The van der Waals surface area contributed by atoms with E-state index < -0.39 is 5.97 Å². The summed E-state index contributed by atoms with van der Waals surface area (Å²) >= 11 is 0. The molecule has 0 aliphatic carbocycles. The lowest BCUT2D eigenvalue weighted by molar-refractivity contribution is -0.132. The zero-order valence-corrected chi connectivity index (χ0v) is 11.6. The Hall–Kier alpha value is -2.49. The Labute approximate surface area is 117 Å². The van der Waals surface area contributed by atoms with E-state index in [4.69, 9.17) is 14.6 Å². The molecule has 20 heavy (non-hydrogen) atoms. The van der Waals surface area contributed by atoms with Gasteiger partial charge < -0.3 is 14.6 Å². The Bertz CT molecular complexity index is 686. The fourth-order valence-corrected chi connectivity index (χ4v) is 2.06. The molecule has 0 fully saturated rings. The second-order valence-corrected chi connectivity index (χ2v) is 4.41. The summed E-state index contributed by atoms with van der Waals surface area (Å²) in [6.45, 7) is 1.55.